The van der Waals surface area contributed by atoms with E-state index in [1.165, 1.54) is 23.1 Å². The molecule has 2 aromatic rings. The molecule has 0 aliphatic heterocycles. The Morgan fingerprint density at radius 3 is 3.00 bits per heavy atom. The standard InChI is InChI=1S/C11H14N4O2S2/c1-7(2)5-15-8(3-4-12-15)10-13-14-11(19-10)18-6-9(16)17/h3-4,7H,5-6H2,1-2H3,(H,16,17). The first-order valence-electron chi connectivity index (χ1n) is 5.76. The van der Waals surface area contributed by atoms with Crippen molar-refractivity contribution in [2.24, 2.45) is 5.92 Å². The van der Waals surface area contributed by atoms with Crippen LogP contribution in [0, 0.1) is 5.92 Å². The van der Waals surface area contributed by atoms with E-state index in [1.54, 1.807) is 6.20 Å². The molecular weight excluding hydrogens is 284 g/mol. The van der Waals surface area contributed by atoms with Gasteiger partial charge in [-0.2, -0.15) is 5.10 Å². The lowest BCUT2D eigenvalue weighted by Gasteiger charge is -2.07. The molecule has 0 unspecified atom stereocenters. The zero-order chi connectivity index (χ0) is 13.8. The van der Waals surface area contributed by atoms with Gasteiger partial charge in [-0.25, -0.2) is 0 Å². The number of aliphatic carboxylic acids is 1. The molecule has 0 amide bonds. The molecule has 0 aliphatic rings. The lowest BCUT2D eigenvalue weighted by molar-refractivity contribution is -0.133. The van der Waals surface area contributed by atoms with E-state index in [1.807, 2.05) is 10.7 Å². The number of nitrogens with zero attached hydrogens (tertiary/aromatic N) is 4. The highest BCUT2D eigenvalue weighted by molar-refractivity contribution is 8.01. The molecule has 0 bridgehead atoms. The minimum absolute atomic E-state index is 0.000110. The molecule has 102 valence electrons. The Morgan fingerprint density at radius 1 is 1.53 bits per heavy atom. The van der Waals surface area contributed by atoms with Gasteiger partial charge in [0.05, 0.1) is 11.4 Å². The number of carboxylic acids is 1. The second-order valence-corrected chi connectivity index (χ2v) is 6.55. The van der Waals surface area contributed by atoms with Crippen molar-refractivity contribution in [3.8, 4) is 10.7 Å². The van der Waals surface area contributed by atoms with E-state index in [2.05, 4.69) is 29.1 Å². The van der Waals surface area contributed by atoms with Crippen molar-refractivity contribution in [1.29, 1.82) is 0 Å². The maximum atomic E-state index is 10.5. The number of hydrogen-bond acceptors (Lipinski definition) is 6. The van der Waals surface area contributed by atoms with Gasteiger partial charge in [0.15, 0.2) is 9.35 Å². The number of carbonyl (C=O) groups is 1. The van der Waals surface area contributed by atoms with Crippen molar-refractivity contribution in [3.05, 3.63) is 12.3 Å². The third-order valence-electron chi connectivity index (χ3n) is 2.20. The molecule has 0 spiro atoms. The van der Waals surface area contributed by atoms with Gasteiger partial charge in [0.1, 0.15) is 0 Å². The first-order valence-corrected chi connectivity index (χ1v) is 7.56. The molecule has 0 saturated carbocycles. The van der Waals surface area contributed by atoms with E-state index >= 15 is 0 Å². The van der Waals surface area contributed by atoms with Crippen LogP contribution in [-0.2, 0) is 11.3 Å². The summed E-state index contributed by atoms with van der Waals surface area (Å²) >= 11 is 2.57. The van der Waals surface area contributed by atoms with Gasteiger partial charge < -0.3 is 5.11 Å². The van der Waals surface area contributed by atoms with Crippen molar-refractivity contribution in [2.45, 2.75) is 24.7 Å². The minimum Gasteiger partial charge on any atom is -0.481 e. The summed E-state index contributed by atoms with van der Waals surface area (Å²) in [4.78, 5) is 10.5. The summed E-state index contributed by atoms with van der Waals surface area (Å²) in [5, 5.41) is 21.8. The molecule has 2 aromatic heterocycles. The van der Waals surface area contributed by atoms with Crippen molar-refractivity contribution in [2.75, 3.05) is 5.75 Å². The summed E-state index contributed by atoms with van der Waals surface area (Å²) in [7, 11) is 0. The van der Waals surface area contributed by atoms with Crippen LogP contribution in [0.4, 0.5) is 0 Å². The lowest BCUT2D eigenvalue weighted by atomic mass is 10.2. The van der Waals surface area contributed by atoms with E-state index < -0.39 is 5.97 Å². The summed E-state index contributed by atoms with van der Waals surface area (Å²) in [5.41, 5.74) is 0.924. The number of carboxylic acid groups (broad SMARTS) is 1. The zero-order valence-electron chi connectivity index (χ0n) is 10.6. The van der Waals surface area contributed by atoms with Crippen LogP contribution in [0.2, 0.25) is 0 Å². The number of rotatable bonds is 6. The van der Waals surface area contributed by atoms with Crippen molar-refractivity contribution >= 4 is 29.1 Å². The first-order chi connectivity index (χ1) is 9.06. The van der Waals surface area contributed by atoms with Gasteiger partial charge in [0.25, 0.3) is 0 Å². The maximum absolute atomic E-state index is 10.5. The van der Waals surface area contributed by atoms with Gasteiger partial charge in [-0.3, -0.25) is 9.48 Å². The van der Waals surface area contributed by atoms with Gasteiger partial charge in [-0.05, 0) is 12.0 Å². The fourth-order valence-electron chi connectivity index (χ4n) is 1.50. The van der Waals surface area contributed by atoms with E-state index in [-0.39, 0.29) is 5.75 Å². The van der Waals surface area contributed by atoms with Gasteiger partial charge in [0.2, 0.25) is 0 Å². The molecular formula is C11H14N4O2S2. The van der Waals surface area contributed by atoms with E-state index in [4.69, 9.17) is 5.11 Å². The predicted molar refractivity (Wildman–Crippen MR) is 74.3 cm³/mol. The van der Waals surface area contributed by atoms with Gasteiger partial charge in [-0.15, -0.1) is 10.2 Å². The van der Waals surface area contributed by atoms with E-state index in [0.717, 1.165) is 17.2 Å². The van der Waals surface area contributed by atoms with Crippen LogP contribution in [0.1, 0.15) is 13.8 Å². The molecule has 1 N–H and O–H groups in total. The predicted octanol–water partition coefficient (Wildman–Crippen LogP) is 2.23. The third-order valence-corrected chi connectivity index (χ3v) is 4.26. The third kappa shape index (κ3) is 3.77. The number of hydrogen-bond donors (Lipinski definition) is 1. The molecule has 0 aliphatic carbocycles. The average Bonchev–Trinajstić information content (AvgIpc) is 2.93. The first kappa shape index (κ1) is 14.0. The highest BCUT2D eigenvalue weighted by Crippen LogP contribution is 2.29. The van der Waals surface area contributed by atoms with Crippen LogP contribution in [-0.4, -0.2) is 36.8 Å². The molecule has 2 heterocycles. The second kappa shape index (κ2) is 6.16. The van der Waals surface area contributed by atoms with Crippen LogP contribution in [0.3, 0.4) is 0 Å². The topological polar surface area (TPSA) is 80.9 Å². The minimum atomic E-state index is -0.855. The molecule has 8 heteroatoms. The molecule has 0 fully saturated rings. The van der Waals surface area contributed by atoms with Gasteiger partial charge in [-0.1, -0.05) is 36.9 Å². The lowest BCUT2D eigenvalue weighted by Crippen LogP contribution is -2.07. The van der Waals surface area contributed by atoms with Crippen molar-refractivity contribution in [1.82, 2.24) is 20.0 Å². The average molecular weight is 298 g/mol. The quantitative estimate of drug-likeness (QED) is 0.824. The maximum Gasteiger partial charge on any atom is 0.313 e. The Balaban J connectivity index is 2.14. The molecule has 2 rings (SSSR count). The summed E-state index contributed by atoms with van der Waals surface area (Å²) < 4.78 is 2.56. The van der Waals surface area contributed by atoms with E-state index in [0.29, 0.717) is 10.3 Å². The van der Waals surface area contributed by atoms with Crippen molar-refractivity contribution < 1.29 is 9.90 Å². The molecule has 6 nitrogen and oxygen atoms in total. The number of aromatic nitrogens is 4. The number of thioether (sulfide) groups is 1. The largest absolute Gasteiger partial charge is 0.481 e. The Hall–Kier alpha value is -1.41. The molecule has 19 heavy (non-hydrogen) atoms. The molecule has 0 radical (unpaired) electrons. The molecule has 0 aromatic carbocycles. The highest BCUT2D eigenvalue weighted by atomic mass is 32.2. The Labute approximate surface area is 118 Å². The van der Waals surface area contributed by atoms with Crippen LogP contribution >= 0.6 is 23.1 Å². The summed E-state index contributed by atoms with van der Waals surface area (Å²) in [6.45, 7) is 5.07. The summed E-state index contributed by atoms with van der Waals surface area (Å²) in [6.07, 6.45) is 1.74. The monoisotopic (exact) mass is 298 g/mol. The van der Waals surface area contributed by atoms with E-state index in [9.17, 15) is 4.79 Å². The Morgan fingerprint density at radius 2 is 2.32 bits per heavy atom. The molecule has 0 atom stereocenters. The van der Waals surface area contributed by atoms with Gasteiger partial charge in [0, 0.05) is 12.7 Å². The fourth-order valence-corrected chi connectivity index (χ4v) is 3.10. The normalized spacial score (nSPS) is 11.1. The van der Waals surface area contributed by atoms with Crippen LogP contribution in [0.25, 0.3) is 10.7 Å². The second-order valence-electron chi connectivity index (χ2n) is 4.35. The van der Waals surface area contributed by atoms with Crippen molar-refractivity contribution in [3.63, 3.8) is 0 Å². The summed E-state index contributed by atoms with van der Waals surface area (Å²) in [6, 6.07) is 1.90. The highest BCUT2D eigenvalue weighted by Gasteiger charge is 2.13. The fraction of sp³-hybridized carbons (Fsp3) is 0.455. The van der Waals surface area contributed by atoms with Gasteiger partial charge >= 0.3 is 5.97 Å². The summed E-state index contributed by atoms with van der Waals surface area (Å²) in [5.74, 6) is -0.362. The Bertz CT molecular complexity index is 565. The van der Waals surface area contributed by atoms with Crippen LogP contribution in [0.15, 0.2) is 16.6 Å². The molecule has 0 saturated heterocycles. The van der Waals surface area contributed by atoms with Crippen LogP contribution in [0.5, 0.6) is 0 Å². The smallest absolute Gasteiger partial charge is 0.313 e. The van der Waals surface area contributed by atoms with Crippen LogP contribution < -0.4 is 0 Å². The SMILES string of the molecule is CC(C)Cn1nccc1-c1nnc(SCC(=O)O)s1. The zero-order valence-corrected chi connectivity index (χ0v) is 12.2. The Kier molecular flexibility index (Phi) is 4.54.